The molecule has 1 aromatic carbocycles. The number of ketones is 3. The van der Waals surface area contributed by atoms with Crippen LogP contribution in [0.5, 0.6) is 11.5 Å². The van der Waals surface area contributed by atoms with Crippen LogP contribution < -0.4 is 9.47 Å². The predicted octanol–water partition coefficient (Wildman–Crippen LogP) is 5.34. The summed E-state index contributed by atoms with van der Waals surface area (Å²) in [5, 5.41) is 11.0. The highest BCUT2D eigenvalue weighted by Gasteiger charge is 2.48. The van der Waals surface area contributed by atoms with Crippen molar-refractivity contribution in [1.82, 2.24) is 0 Å². The van der Waals surface area contributed by atoms with Crippen LogP contribution in [0.15, 0.2) is 29.5 Å². The summed E-state index contributed by atoms with van der Waals surface area (Å²) in [4.78, 5) is 39.9. The van der Waals surface area contributed by atoms with Gasteiger partial charge in [-0.25, -0.2) is 0 Å². The van der Waals surface area contributed by atoms with E-state index in [1.165, 1.54) is 7.11 Å². The Morgan fingerprint density at radius 1 is 0.970 bits per heavy atom. The number of aliphatic hydroxyl groups is 1. The fraction of sp³-hybridized carbons (Fsp3) is 0.593. The van der Waals surface area contributed by atoms with E-state index in [1.807, 2.05) is 34.6 Å². The highest BCUT2D eigenvalue weighted by molar-refractivity contribution is 6.09. The zero-order chi connectivity index (χ0) is 24.6. The molecule has 6 heteroatoms. The lowest BCUT2D eigenvalue weighted by atomic mass is 9.62. The zero-order valence-electron chi connectivity index (χ0n) is 20.6. The summed E-state index contributed by atoms with van der Waals surface area (Å²) in [5.41, 5.74) is -0.0192. The number of hydrogen-bond acceptors (Lipinski definition) is 6. The Morgan fingerprint density at radius 2 is 1.58 bits per heavy atom. The van der Waals surface area contributed by atoms with E-state index >= 15 is 0 Å². The lowest BCUT2D eigenvalue weighted by molar-refractivity contribution is -0.140. The van der Waals surface area contributed by atoms with Gasteiger partial charge in [-0.2, -0.15) is 0 Å². The molecule has 0 saturated heterocycles. The third kappa shape index (κ3) is 5.31. The maximum Gasteiger partial charge on any atom is 0.163 e. The Labute approximate surface area is 196 Å². The lowest BCUT2D eigenvalue weighted by Crippen LogP contribution is -2.43. The van der Waals surface area contributed by atoms with E-state index in [2.05, 4.69) is 0 Å². The summed E-state index contributed by atoms with van der Waals surface area (Å²) in [6.45, 7) is 10.2. The predicted molar refractivity (Wildman–Crippen MR) is 126 cm³/mol. The van der Waals surface area contributed by atoms with Crippen molar-refractivity contribution in [2.75, 3.05) is 13.7 Å². The van der Waals surface area contributed by atoms with E-state index in [1.54, 1.807) is 18.2 Å². The van der Waals surface area contributed by atoms with Gasteiger partial charge in [0.2, 0.25) is 0 Å². The highest BCUT2D eigenvalue weighted by Crippen LogP contribution is 2.48. The molecule has 0 radical (unpaired) electrons. The third-order valence-electron chi connectivity index (χ3n) is 6.55. The second-order valence-electron chi connectivity index (χ2n) is 11.0. The average molecular weight is 457 g/mol. The third-order valence-corrected chi connectivity index (χ3v) is 6.55. The molecule has 1 fully saturated rings. The number of aliphatic hydroxyl groups excluding tert-OH is 1. The highest BCUT2D eigenvalue weighted by atomic mass is 16.5. The van der Waals surface area contributed by atoms with Crippen LogP contribution in [-0.4, -0.2) is 36.2 Å². The molecule has 0 aliphatic heterocycles. The summed E-state index contributed by atoms with van der Waals surface area (Å²) in [7, 11) is 1.53. The number of ether oxygens (including phenoxy) is 2. The van der Waals surface area contributed by atoms with Crippen LogP contribution in [0.25, 0.3) is 0 Å². The number of Topliss-reactive ketones (excluding diaryl/α,β-unsaturated/α-hetero) is 3. The molecule has 0 amide bonds. The number of methoxy groups -OCH3 is 1. The van der Waals surface area contributed by atoms with E-state index < -0.39 is 17.3 Å². The van der Waals surface area contributed by atoms with Crippen LogP contribution in [0.1, 0.15) is 78.2 Å². The topological polar surface area (TPSA) is 89.9 Å². The van der Waals surface area contributed by atoms with Gasteiger partial charge in [-0.05, 0) is 34.9 Å². The van der Waals surface area contributed by atoms with Gasteiger partial charge in [-0.3, -0.25) is 14.4 Å². The van der Waals surface area contributed by atoms with Gasteiger partial charge >= 0.3 is 0 Å². The first-order valence-corrected chi connectivity index (χ1v) is 11.7. The summed E-state index contributed by atoms with van der Waals surface area (Å²) >= 11 is 0. The molecule has 0 spiro atoms. The SMILES string of the molecule is CCCOc1ccc(C(C2=C(O)CC(C)(C)CC2=O)C2C(=O)CC(C)(C)CC2=O)cc1OC. The fourth-order valence-electron chi connectivity index (χ4n) is 5.17. The molecule has 1 N–H and O–H groups in total. The van der Waals surface area contributed by atoms with E-state index in [4.69, 9.17) is 9.47 Å². The molecule has 0 heterocycles. The van der Waals surface area contributed by atoms with E-state index in [9.17, 15) is 19.5 Å². The van der Waals surface area contributed by atoms with Crippen molar-refractivity contribution >= 4 is 17.3 Å². The molecule has 2 aliphatic rings. The summed E-state index contributed by atoms with van der Waals surface area (Å²) in [5.74, 6) is -1.47. The first kappa shape index (κ1) is 25.0. The molecule has 1 saturated carbocycles. The average Bonchev–Trinajstić information content (AvgIpc) is 2.68. The molecule has 1 unspecified atom stereocenters. The zero-order valence-corrected chi connectivity index (χ0v) is 20.6. The van der Waals surface area contributed by atoms with Crippen molar-refractivity contribution < 1.29 is 29.0 Å². The van der Waals surface area contributed by atoms with Crippen molar-refractivity contribution in [3.05, 3.63) is 35.1 Å². The molecule has 2 aliphatic carbocycles. The Bertz CT molecular complexity index is 964. The Hall–Kier alpha value is -2.63. The van der Waals surface area contributed by atoms with Gasteiger partial charge < -0.3 is 14.6 Å². The van der Waals surface area contributed by atoms with E-state index in [0.717, 1.165) is 6.42 Å². The maximum absolute atomic E-state index is 13.3. The number of benzene rings is 1. The van der Waals surface area contributed by atoms with Crippen molar-refractivity contribution in [3.63, 3.8) is 0 Å². The minimum atomic E-state index is -1.01. The molecule has 6 nitrogen and oxygen atoms in total. The molecule has 1 atom stereocenters. The Balaban J connectivity index is 2.16. The summed E-state index contributed by atoms with van der Waals surface area (Å²) < 4.78 is 11.3. The van der Waals surface area contributed by atoms with Gasteiger partial charge in [0.25, 0.3) is 0 Å². The summed E-state index contributed by atoms with van der Waals surface area (Å²) in [6, 6.07) is 5.24. The monoisotopic (exact) mass is 456 g/mol. The molecule has 0 bridgehead atoms. The Kier molecular flexibility index (Phi) is 7.06. The van der Waals surface area contributed by atoms with Gasteiger partial charge in [0.1, 0.15) is 17.3 Å². The van der Waals surface area contributed by atoms with Gasteiger partial charge in [-0.15, -0.1) is 0 Å². The van der Waals surface area contributed by atoms with Crippen LogP contribution >= 0.6 is 0 Å². The van der Waals surface area contributed by atoms with Crippen molar-refractivity contribution in [3.8, 4) is 11.5 Å². The van der Waals surface area contributed by atoms with Crippen molar-refractivity contribution in [1.29, 1.82) is 0 Å². The van der Waals surface area contributed by atoms with E-state index in [-0.39, 0.29) is 53.4 Å². The summed E-state index contributed by atoms with van der Waals surface area (Å²) in [6.07, 6.45) is 1.91. The molecule has 3 rings (SSSR count). The molecular formula is C27H36O6. The molecular weight excluding hydrogens is 420 g/mol. The van der Waals surface area contributed by atoms with Gasteiger partial charge in [-0.1, -0.05) is 40.7 Å². The second-order valence-corrected chi connectivity index (χ2v) is 11.0. The van der Waals surface area contributed by atoms with Crippen LogP contribution in [0.3, 0.4) is 0 Å². The van der Waals surface area contributed by atoms with Crippen molar-refractivity contribution in [2.45, 2.75) is 72.6 Å². The van der Waals surface area contributed by atoms with Crippen LogP contribution in [-0.2, 0) is 14.4 Å². The fourth-order valence-corrected chi connectivity index (χ4v) is 5.17. The van der Waals surface area contributed by atoms with Crippen LogP contribution in [0.4, 0.5) is 0 Å². The van der Waals surface area contributed by atoms with Crippen molar-refractivity contribution in [2.24, 2.45) is 16.7 Å². The Morgan fingerprint density at radius 3 is 2.12 bits per heavy atom. The minimum Gasteiger partial charge on any atom is -0.512 e. The number of allylic oxidation sites excluding steroid dienone is 2. The normalized spacial score (nSPS) is 21.8. The second kappa shape index (κ2) is 9.32. The number of carbonyl (C=O) groups is 3. The van der Waals surface area contributed by atoms with Gasteiger partial charge in [0.15, 0.2) is 17.3 Å². The van der Waals surface area contributed by atoms with Gasteiger partial charge in [0.05, 0.1) is 19.6 Å². The van der Waals surface area contributed by atoms with Gasteiger partial charge in [0, 0.05) is 37.2 Å². The van der Waals surface area contributed by atoms with E-state index in [0.29, 0.717) is 30.1 Å². The number of hydrogen-bond donors (Lipinski definition) is 1. The maximum atomic E-state index is 13.3. The van der Waals surface area contributed by atoms with Crippen LogP contribution in [0.2, 0.25) is 0 Å². The smallest absolute Gasteiger partial charge is 0.163 e. The first-order chi connectivity index (χ1) is 15.4. The first-order valence-electron chi connectivity index (χ1n) is 11.7. The van der Waals surface area contributed by atoms with Crippen LogP contribution in [0, 0.1) is 16.7 Å². The standard InChI is InChI=1S/C27H36O6/c1-7-10-33-21-9-8-16(11-22(21)32-6)23(24-17(28)12-26(2,3)13-18(24)29)25-19(30)14-27(4,5)15-20(25)31/h8-9,11,23-24,30H,7,10,12-15H2,1-6H3. The number of rotatable bonds is 7. The number of carbonyl (C=O) groups excluding carboxylic acids is 3. The molecule has 1 aromatic rings. The molecule has 180 valence electrons. The largest absolute Gasteiger partial charge is 0.512 e. The molecule has 0 aromatic heterocycles. The molecule has 33 heavy (non-hydrogen) atoms. The lowest BCUT2D eigenvalue weighted by Gasteiger charge is -2.39. The minimum absolute atomic E-state index is 0.0306. The quantitative estimate of drug-likeness (QED) is 0.557.